The standard InChI is InChI=1S/C23H38N2O7/c1-29-18-7-5-14(11-20(18)31-3)16-13-17(25(24-16)22(26)9-10-23(27)28)15-6-8-19(30-2)21(12-15)32-4/h14-15,17-21H,5-13H2,1-4H3,(H,27,28). The highest BCUT2D eigenvalue weighted by molar-refractivity contribution is 5.92. The monoisotopic (exact) mass is 454 g/mol. The molecular weight excluding hydrogens is 416 g/mol. The highest BCUT2D eigenvalue weighted by Crippen LogP contribution is 2.39. The molecule has 0 bridgehead atoms. The fourth-order valence-corrected chi connectivity index (χ4v) is 5.66. The molecule has 2 aliphatic carbocycles. The Morgan fingerprint density at radius 3 is 2.06 bits per heavy atom. The molecule has 1 aliphatic heterocycles. The van der Waals surface area contributed by atoms with E-state index in [4.69, 9.17) is 29.2 Å². The summed E-state index contributed by atoms with van der Waals surface area (Å²) in [6.07, 6.45) is 5.84. The van der Waals surface area contributed by atoms with Gasteiger partial charge in [-0.1, -0.05) is 0 Å². The normalized spacial score (nSPS) is 35.6. The van der Waals surface area contributed by atoms with Gasteiger partial charge in [0.05, 0.1) is 36.9 Å². The van der Waals surface area contributed by atoms with E-state index in [-0.39, 0.29) is 61.0 Å². The van der Waals surface area contributed by atoms with E-state index in [1.165, 1.54) is 0 Å². The summed E-state index contributed by atoms with van der Waals surface area (Å²) < 4.78 is 22.5. The molecule has 0 saturated heterocycles. The summed E-state index contributed by atoms with van der Waals surface area (Å²) in [7, 11) is 6.83. The van der Waals surface area contributed by atoms with Crippen LogP contribution in [0.2, 0.25) is 0 Å². The minimum absolute atomic E-state index is 0.00618. The summed E-state index contributed by atoms with van der Waals surface area (Å²) in [5.41, 5.74) is 1.03. The topological polar surface area (TPSA) is 107 Å². The first-order valence-corrected chi connectivity index (χ1v) is 11.6. The first kappa shape index (κ1) is 25.1. The number of hydrogen-bond donors (Lipinski definition) is 1. The van der Waals surface area contributed by atoms with E-state index in [1.54, 1.807) is 33.4 Å². The zero-order valence-electron chi connectivity index (χ0n) is 19.7. The Morgan fingerprint density at radius 2 is 1.47 bits per heavy atom. The van der Waals surface area contributed by atoms with Crippen LogP contribution in [0.3, 0.4) is 0 Å². The van der Waals surface area contributed by atoms with Gasteiger partial charge < -0.3 is 24.1 Å². The molecule has 3 rings (SSSR count). The molecule has 7 atom stereocenters. The number of amides is 1. The molecular formula is C23H38N2O7. The van der Waals surface area contributed by atoms with Crippen LogP contribution in [0, 0.1) is 11.8 Å². The first-order valence-electron chi connectivity index (χ1n) is 11.6. The van der Waals surface area contributed by atoms with E-state index in [0.717, 1.165) is 50.7 Å². The lowest BCUT2D eigenvalue weighted by Crippen LogP contribution is -2.45. The Morgan fingerprint density at radius 1 is 0.875 bits per heavy atom. The number of hydrogen-bond acceptors (Lipinski definition) is 7. The molecule has 0 aromatic rings. The van der Waals surface area contributed by atoms with Crippen LogP contribution >= 0.6 is 0 Å². The van der Waals surface area contributed by atoms with E-state index >= 15 is 0 Å². The molecule has 2 fully saturated rings. The van der Waals surface area contributed by atoms with Gasteiger partial charge >= 0.3 is 5.97 Å². The number of carbonyl (C=O) groups excluding carboxylic acids is 1. The lowest BCUT2D eigenvalue weighted by atomic mass is 9.76. The van der Waals surface area contributed by atoms with E-state index < -0.39 is 5.97 Å². The van der Waals surface area contributed by atoms with E-state index in [9.17, 15) is 9.59 Å². The molecule has 1 N–H and O–H groups in total. The number of carboxylic acid groups (broad SMARTS) is 1. The molecule has 2 saturated carbocycles. The van der Waals surface area contributed by atoms with E-state index in [2.05, 4.69) is 0 Å². The second-order valence-electron chi connectivity index (χ2n) is 9.17. The van der Waals surface area contributed by atoms with Crippen LogP contribution < -0.4 is 0 Å². The second-order valence-corrected chi connectivity index (χ2v) is 9.17. The maximum Gasteiger partial charge on any atom is 0.303 e. The Kier molecular flexibility index (Phi) is 9.04. The lowest BCUT2D eigenvalue weighted by Gasteiger charge is -2.39. The highest BCUT2D eigenvalue weighted by atomic mass is 16.5. The van der Waals surface area contributed by atoms with Crippen molar-refractivity contribution >= 4 is 17.6 Å². The molecule has 0 spiro atoms. The minimum atomic E-state index is -0.973. The van der Waals surface area contributed by atoms with Crippen LogP contribution in [0.4, 0.5) is 0 Å². The van der Waals surface area contributed by atoms with Crippen LogP contribution in [0.15, 0.2) is 5.10 Å². The van der Waals surface area contributed by atoms with Gasteiger partial charge in [-0.15, -0.1) is 0 Å². The Balaban J connectivity index is 1.76. The predicted molar refractivity (Wildman–Crippen MR) is 117 cm³/mol. The van der Waals surface area contributed by atoms with Crippen LogP contribution in [0.5, 0.6) is 0 Å². The fourth-order valence-electron chi connectivity index (χ4n) is 5.66. The summed E-state index contributed by atoms with van der Waals surface area (Å²) in [5, 5.41) is 15.4. The SMILES string of the molecule is COC1CCC(C2=NN(C(=O)CCC(=O)O)C(C3CCC(OC)C(OC)C3)C2)CC1OC. The second kappa shape index (κ2) is 11.5. The number of carboxylic acids is 1. The molecule has 0 aromatic heterocycles. The third-order valence-electron chi connectivity index (χ3n) is 7.51. The number of hydrazone groups is 1. The Hall–Kier alpha value is -1.55. The fraction of sp³-hybridized carbons (Fsp3) is 0.870. The summed E-state index contributed by atoms with van der Waals surface area (Å²) in [6.45, 7) is 0. The minimum Gasteiger partial charge on any atom is -0.481 e. The Labute approximate surface area is 190 Å². The van der Waals surface area contributed by atoms with Crippen LogP contribution in [0.25, 0.3) is 0 Å². The number of nitrogens with zero attached hydrogens (tertiary/aromatic N) is 2. The zero-order valence-corrected chi connectivity index (χ0v) is 19.7. The van der Waals surface area contributed by atoms with Gasteiger partial charge in [-0.05, 0) is 44.4 Å². The van der Waals surface area contributed by atoms with E-state index in [0.29, 0.717) is 0 Å². The third kappa shape index (κ3) is 5.68. The number of methoxy groups -OCH3 is 4. The highest BCUT2D eigenvalue weighted by Gasteiger charge is 2.44. The van der Waals surface area contributed by atoms with Crippen molar-refractivity contribution in [3.63, 3.8) is 0 Å². The Bertz CT molecular complexity index is 685. The van der Waals surface area contributed by atoms with Gasteiger partial charge in [0, 0.05) is 52.9 Å². The smallest absolute Gasteiger partial charge is 0.303 e. The van der Waals surface area contributed by atoms with Gasteiger partial charge in [0.1, 0.15) is 0 Å². The van der Waals surface area contributed by atoms with Crippen LogP contribution in [-0.4, -0.2) is 86.6 Å². The third-order valence-corrected chi connectivity index (χ3v) is 7.51. The molecule has 3 aliphatic rings. The molecule has 7 unspecified atom stereocenters. The summed E-state index contributed by atoms with van der Waals surface area (Å²) in [5.74, 6) is -0.724. The lowest BCUT2D eigenvalue weighted by molar-refractivity contribution is -0.142. The van der Waals surface area contributed by atoms with Crippen molar-refractivity contribution in [2.45, 2.75) is 88.2 Å². The van der Waals surface area contributed by atoms with Gasteiger partial charge in [0.15, 0.2) is 0 Å². The quantitative estimate of drug-likeness (QED) is 0.570. The van der Waals surface area contributed by atoms with Crippen molar-refractivity contribution < 1.29 is 33.6 Å². The number of rotatable bonds is 9. The van der Waals surface area contributed by atoms with Crippen molar-refractivity contribution in [3.8, 4) is 0 Å². The summed E-state index contributed by atoms with van der Waals surface area (Å²) >= 11 is 0. The molecule has 32 heavy (non-hydrogen) atoms. The van der Waals surface area contributed by atoms with Crippen molar-refractivity contribution in [3.05, 3.63) is 0 Å². The first-order chi connectivity index (χ1) is 15.4. The molecule has 1 heterocycles. The van der Waals surface area contributed by atoms with Crippen molar-refractivity contribution in [2.75, 3.05) is 28.4 Å². The molecule has 182 valence electrons. The molecule has 9 heteroatoms. The molecule has 0 aromatic carbocycles. The maximum atomic E-state index is 13.0. The summed E-state index contributed by atoms with van der Waals surface area (Å²) in [4.78, 5) is 24.0. The van der Waals surface area contributed by atoms with Crippen LogP contribution in [0.1, 0.15) is 57.8 Å². The largest absolute Gasteiger partial charge is 0.481 e. The predicted octanol–water partition coefficient (Wildman–Crippen LogP) is 2.47. The maximum absolute atomic E-state index is 13.0. The molecule has 1 amide bonds. The van der Waals surface area contributed by atoms with Crippen molar-refractivity contribution in [1.82, 2.24) is 5.01 Å². The van der Waals surface area contributed by atoms with Crippen LogP contribution in [-0.2, 0) is 28.5 Å². The van der Waals surface area contributed by atoms with Gasteiger partial charge in [-0.3, -0.25) is 9.59 Å². The average Bonchev–Trinajstić information content (AvgIpc) is 3.27. The average molecular weight is 455 g/mol. The van der Waals surface area contributed by atoms with Crippen molar-refractivity contribution in [1.29, 1.82) is 0 Å². The van der Waals surface area contributed by atoms with E-state index in [1.807, 2.05) is 0 Å². The van der Waals surface area contributed by atoms with Crippen molar-refractivity contribution in [2.24, 2.45) is 16.9 Å². The number of aliphatic carboxylic acids is 1. The summed E-state index contributed by atoms with van der Waals surface area (Å²) in [6, 6.07) is -0.0668. The number of ether oxygens (including phenoxy) is 4. The van der Waals surface area contributed by atoms with Gasteiger partial charge in [0.25, 0.3) is 0 Å². The number of carbonyl (C=O) groups is 2. The molecule has 9 nitrogen and oxygen atoms in total. The van der Waals surface area contributed by atoms with Gasteiger partial charge in [0.2, 0.25) is 5.91 Å². The van der Waals surface area contributed by atoms with Gasteiger partial charge in [-0.25, -0.2) is 5.01 Å². The molecule has 0 radical (unpaired) electrons. The zero-order chi connectivity index (χ0) is 23.3. The van der Waals surface area contributed by atoms with Gasteiger partial charge in [-0.2, -0.15) is 5.10 Å².